The lowest BCUT2D eigenvalue weighted by Gasteiger charge is -2.18. The average Bonchev–Trinajstić information content (AvgIpc) is 1.85. The largest absolute Gasteiger partial charge is 0.291 e. The third kappa shape index (κ3) is 3.04. The van der Waals surface area contributed by atoms with Crippen molar-refractivity contribution < 1.29 is 0 Å². The molecular weight excluding hydrogens is 134 g/mol. The topological polar surface area (TPSA) is 12.4 Å². The van der Waals surface area contributed by atoms with Crippen LogP contribution in [0, 0.1) is 5.92 Å². The third-order valence-electron chi connectivity index (χ3n) is 2.13. The van der Waals surface area contributed by atoms with Gasteiger partial charge >= 0.3 is 0 Å². The summed E-state index contributed by atoms with van der Waals surface area (Å²) < 4.78 is 0. The van der Waals surface area contributed by atoms with Crippen molar-refractivity contribution in [2.75, 3.05) is 0 Å². The van der Waals surface area contributed by atoms with E-state index in [1.165, 1.54) is 31.4 Å². The zero-order chi connectivity index (χ0) is 8.27. The maximum absolute atomic E-state index is 4.64. The molecule has 1 unspecified atom stereocenters. The average molecular weight is 153 g/mol. The minimum atomic E-state index is 0.595. The van der Waals surface area contributed by atoms with Gasteiger partial charge in [-0.05, 0) is 38.5 Å². The van der Waals surface area contributed by atoms with Gasteiger partial charge < -0.3 is 0 Å². The van der Waals surface area contributed by atoms with Crippen LogP contribution in [-0.4, -0.2) is 11.8 Å². The Morgan fingerprint density at radius 3 is 2.82 bits per heavy atom. The minimum Gasteiger partial charge on any atom is -0.291 e. The van der Waals surface area contributed by atoms with Crippen LogP contribution in [0.15, 0.2) is 4.99 Å². The van der Waals surface area contributed by atoms with Gasteiger partial charge in [0.25, 0.3) is 0 Å². The Balaban J connectivity index is 2.43. The third-order valence-corrected chi connectivity index (χ3v) is 2.13. The summed E-state index contributed by atoms with van der Waals surface area (Å²) in [5, 5.41) is 0. The maximum atomic E-state index is 4.64. The van der Waals surface area contributed by atoms with E-state index in [4.69, 9.17) is 0 Å². The van der Waals surface area contributed by atoms with E-state index in [0.29, 0.717) is 6.04 Å². The molecule has 0 saturated carbocycles. The van der Waals surface area contributed by atoms with Crippen LogP contribution in [0.5, 0.6) is 0 Å². The number of aliphatic imine (C=N–C) groups is 1. The Bertz CT molecular complexity index is 147. The molecule has 0 aromatic heterocycles. The fourth-order valence-corrected chi connectivity index (χ4v) is 1.67. The molecule has 0 aliphatic carbocycles. The second-order valence-corrected chi connectivity index (χ2v) is 4.03. The van der Waals surface area contributed by atoms with Gasteiger partial charge in [-0.25, -0.2) is 0 Å². The molecule has 0 aromatic carbocycles. The van der Waals surface area contributed by atoms with E-state index in [2.05, 4.69) is 25.8 Å². The predicted octanol–water partition coefficient (Wildman–Crippen LogP) is 3.05. The molecule has 0 spiro atoms. The van der Waals surface area contributed by atoms with E-state index in [9.17, 15) is 0 Å². The highest BCUT2D eigenvalue weighted by Crippen LogP contribution is 2.16. The molecule has 11 heavy (non-hydrogen) atoms. The van der Waals surface area contributed by atoms with Crippen LogP contribution < -0.4 is 0 Å². The second kappa shape index (κ2) is 3.89. The number of hydrogen-bond acceptors (Lipinski definition) is 1. The molecule has 1 aliphatic rings. The zero-order valence-electron chi connectivity index (χ0n) is 7.93. The first-order valence-corrected chi connectivity index (χ1v) is 4.74. The van der Waals surface area contributed by atoms with Gasteiger partial charge in [-0.3, -0.25) is 4.99 Å². The monoisotopic (exact) mass is 153 g/mol. The van der Waals surface area contributed by atoms with E-state index in [-0.39, 0.29) is 0 Å². The summed E-state index contributed by atoms with van der Waals surface area (Å²) in [6, 6.07) is 0.595. The van der Waals surface area contributed by atoms with E-state index in [0.717, 1.165) is 5.92 Å². The molecular formula is C10H19N. The highest BCUT2D eigenvalue weighted by Gasteiger charge is 2.11. The molecule has 0 amide bonds. The van der Waals surface area contributed by atoms with Gasteiger partial charge in [0.15, 0.2) is 0 Å². The lowest BCUT2D eigenvalue weighted by Crippen LogP contribution is -2.14. The van der Waals surface area contributed by atoms with Gasteiger partial charge in [0.05, 0.1) is 0 Å². The van der Waals surface area contributed by atoms with Crippen molar-refractivity contribution in [2.24, 2.45) is 10.9 Å². The van der Waals surface area contributed by atoms with Crippen LogP contribution in [-0.2, 0) is 0 Å². The van der Waals surface area contributed by atoms with Gasteiger partial charge in [0, 0.05) is 11.8 Å². The molecule has 1 heterocycles. The van der Waals surface area contributed by atoms with Gasteiger partial charge in [-0.2, -0.15) is 0 Å². The first-order chi connectivity index (χ1) is 5.18. The van der Waals surface area contributed by atoms with Crippen molar-refractivity contribution in [3.8, 4) is 0 Å². The second-order valence-electron chi connectivity index (χ2n) is 4.03. The normalized spacial score (nSPS) is 25.5. The maximum Gasteiger partial charge on any atom is 0.0470 e. The molecule has 1 atom stereocenters. The Morgan fingerprint density at radius 1 is 1.55 bits per heavy atom. The molecule has 0 saturated heterocycles. The number of nitrogens with zero attached hydrogens (tertiary/aromatic N) is 1. The fourth-order valence-electron chi connectivity index (χ4n) is 1.67. The molecule has 0 bridgehead atoms. The summed E-state index contributed by atoms with van der Waals surface area (Å²) >= 11 is 0. The Kier molecular flexibility index (Phi) is 3.10. The fraction of sp³-hybridized carbons (Fsp3) is 0.900. The first kappa shape index (κ1) is 8.76. The van der Waals surface area contributed by atoms with Crippen LogP contribution >= 0.6 is 0 Å². The number of hydrogen-bond donors (Lipinski definition) is 0. The highest BCUT2D eigenvalue weighted by atomic mass is 14.8. The molecule has 0 N–H and O–H groups in total. The molecule has 1 aliphatic heterocycles. The first-order valence-electron chi connectivity index (χ1n) is 4.74. The van der Waals surface area contributed by atoms with Gasteiger partial charge in [-0.15, -0.1) is 0 Å². The van der Waals surface area contributed by atoms with Crippen LogP contribution in [0.4, 0.5) is 0 Å². The van der Waals surface area contributed by atoms with E-state index in [1.54, 1.807) is 0 Å². The zero-order valence-corrected chi connectivity index (χ0v) is 7.93. The Labute approximate surface area is 69.9 Å². The van der Waals surface area contributed by atoms with Gasteiger partial charge in [0.2, 0.25) is 0 Å². The number of rotatable bonds is 2. The van der Waals surface area contributed by atoms with Crippen molar-refractivity contribution in [3.05, 3.63) is 0 Å². The summed E-state index contributed by atoms with van der Waals surface area (Å²) in [6.45, 7) is 6.75. The minimum absolute atomic E-state index is 0.595. The standard InChI is InChI=1S/C10H19N/c1-8(2)7-10-6-4-5-9(3)11-10/h8-9H,4-7H2,1-3H3. The van der Waals surface area contributed by atoms with Gasteiger partial charge in [-0.1, -0.05) is 13.8 Å². The predicted molar refractivity (Wildman–Crippen MR) is 50.2 cm³/mol. The van der Waals surface area contributed by atoms with E-state index >= 15 is 0 Å². The summed E-state index contributed by atoms with van der Waals surface area (Å²) in [5.41, 5.74) is 1.46. The van der Waals surface area contributed by atoms with Crippen molar-refractivity contribution in [1.82, 2.24) is 0 Å². The molecule has 1 heteroatoms. The van der Waals surface area contributed by atoms with Gasteiger partial charge in [0.1, 0.15) is 0 Å². The molecule has 0 fully saturated rings. The Morgan fingerprint density at radius 2 is 2.27 bits per heavy atom. The van der Waals surface area contributed by atoms with Crippen molar-refractivity contribution in [1.29, 1.82) is 0 Å². The highest BCUT2D eigenvalue weighted by molar-refractivity contribution is 5.85. The SMILES string of the molecule is CC(C)CC1=NC(C)CCC1. The van der Waals surface area contributed by atoms with Crippen molar-refractivity contribution >= 4 is 5.71 Å². The van der Waals surface area contributed by atoms with Crippen LogP contribution in [0.25, 0.3) is 0 Å². The summed E-state index contributed by atoms with van der Waals surface area (Å²) in [7, 11) is 0. The molecule has 1 nitrogen and oxygen atoms in total. The quantitative estimate of drug-likeness (QED) is 0.578. The summed E-state index contributed by atoms with van der Waals surface area (Å²) in [5.74, 6) is 0.777. The Hall–Kier alpha value is -0.330. The summed E-state index contributed by atoms with van der Waals surface area (Å²) in [6.07, 6.45) is 5.11. The molecule has 64 valence electrons. The smallest absolute Gasteiger partial charge is 0.0470 e. The van der Waals surface area contributed by atoms with Crippen LogP contribution in [0.2, 0.25) is 0 Å². The summed E-state index contributed by atoms with van der Waals surface area (Å²) in [4.78, 5) is 4.64. The van der Waals surface area contributed by atoms with E-state index in [1.807, 2.05) is 0 Å². The lowest BCUT2D eigenvalue weighted by molar-refractivity contribution is 0.584. The lowest BCUT2D eigenvalue weighted by atomic mass is 9.97. The molecule has 0 radical (unpaired) electrons. The molecule has 1 rings (SSSR count). The van der Waals surface area contributed by atoms with E-state index < -0.39 is 0 Å². The van der Waals surface area contributed by atoms with Crippen molar-refractivity contribution in [3.63, 3.8) is 0 Å². The van der Waals surface area contributed by atoms with Crippen molar-refractivity contribution in [2.45, 2.75) is 52.5 Å². The van der Waals surface area contributed by atoms with Crippen LogP contribution in [0.3, 0.4) is 0 Å². The molecule has 0 aromatic rings. The van der Waals surface area contributed by atoms with Crippen LogP contribution in [0.1, 0.15) is 46.5 Å².